The van der Waals surface area contributed by atoms with Crippen molar-refractivity contribution in [1.29, 1.82) is 0 Å². The minimum Gasteiger partial charge on any atom is -0.374 e. The van der Waals surface area contributed by atoms with Gasteiger partial charge in [0.25, 0.3) is 0 Å². The molecule has 4 nitrogen and oxygen atoms in total. The molecule has 4 unspecified atom stereocenters. The van der Waals surface area contributed by atoms with Crippen LogP contribution in [0, 0.1) is 11.8 Å². The van der Waals surface area contributed by atoms with Crippen molar-refractivity contribution in [3.8, 4) is 0 Å². The number of ether oxygens (including phenoxy) is 1. The third-order valence-corrected chi connectivity index (χ3v) is 3.52. The van der Waals surface area contributed by atoms with E-state index in [9.17, 15) is 4.79 Å². The monoisotopic (exact) mass is 242 g/mol. The summed E-state index contributed by atoms with van der Waals surface area (Å²) in [6.07, 6.45) is 0.201. The first-order valence-electron chi connectivity index (χ1n) is 6.60. The van der Waals surface area contributed by atoms with Crippen molar-refractivity contribution in [2.24, 2.45) is 11.8 Å². The van der Waals surface area contributed by atoms with Crippen molar-refractivity contribution in [3.63, 3.8) is 0 Å². The fourth-order valence-electron chi connectivity index (χ4n) is 2.38. The molecule has 1 heterocycles. The van der Waals surface area contributed by atoms with Gasteiger partial charge in [-0.25, -0.2) is 0 Å². The molecule has 100 valence electrons. The van der Waals surface area contributed by atoms with Crippen LogP contribution in [-0.4, -0.2) is 37.2 Å². The molecule has 0 bridgehead atoms. The molecular formula is C13H26N2O2. The van der Waals surface area contributed by atoms with Crippen LogP contribution in [0.15, 0.2) is 0 Å². The Hall–Kier alpha value is -0.610. The molecule has 1 amide bonds. The molecule has 2 N–H and O–H groups in total. The fourth-order valence-corrected chi connectivity index (χ4v) is 2.38. The second kappa shape index (κ2) is 6.36. The van der Waals surface area contributed by atoms with Gasteiger partial charge in [0.15, 0.2) is 0 Å². The summed E-state index contributed by atoms with van der Waals surface area (Å²) in [5, 5.41) is 6.26. The first kappa shape index (κ1) is 14.5. The highest BCUT2D eigenvalue weighted by Crippen LogP contribution is 2.31. The number of carbonyl (C=O) groups excluding carboxylic acids is 1. The Labute approximate surface area is 104 Å². The van der Waals surface area contributed by atoms with Gasteiger partial charge in [0.1, 0.15) is 0 Å². The van der Waals surface area contributed by atoms with Crippen LogP contribution < -0.4 is 10.6 Å². The summed E-state index contributed by atoms with van der Waals surface area (Å²) in [6.45, 7) is 11.8. The molecule has 0 aliphatic carbocycles. The van der Waals surface area contributed by atoms with Gasteiger partial charge < -0.3 is 15.4 Å². The average molecular weight is 242 g/mol. The normalized spacial score (nSPS) is 33.1. The van der Waals surface area contributed by atoms with Gasteiger partial charge in [-0.05, 0) is 19.8 Å². The third kappa shape index (κ3) is 3.96. The molecule has 0 saturated carbocycles. The highest BCUT2D eigenvalue weighted by Gasteiger charge is 2.41. The Balaban J connectivity index is 2.32. The lowest BCUT2D eigenvalue weighted by molar-refractivity contribution is -0.127. The Morgan fingerprint density at radius 2 is 1.82 bits per heavy atom. The van der Waals surface area contributed by atoms with Crippen LogP contribution in [0.5, 0.6) is 0 Å². The second-order valence-corrected chi connectivity index (χ2v) is 5.33. The minimum atomic E-state index is -0.0101. The maximum absolute atomic E-state index is 12.0. The van der Waals surface area contributed by atoms with E-state index in [4.69, 9.17) is 4.74 Å². The minimum absolute atomic E-state index is 0.0101. The van der Waals surface area contributed by atoms with Gasteiger partial charge in [0.2, 0.25) is 5.91 Å². The Kier molecular flexibility index (Phi) is 5.40. The molecule has 0 aromatic carbocycles. The highest BCUT2D eigenvalue weighted by atomic mass is 16.5. The smallest absolute Gasteiger partial charge is 0.226 e. The summed E-state index contributed by atoms with van der Waals surface area (Å²) in [4.78, 5) is 12.0. The molecule has 1 saturated heterocycles. The molecule has 0 aromatic rings. The lowest BCUT2D eigenvalue weighted by atomic mass is 9.89. The van der Waals surface area contributed by atoms with Crippen molar-refractivity contribution < 1.29 is 9.53 Å². The lowest BCUT2D eigenvalue weighted by Gasteiger charge is -2.18. The van der Waals surface area contributed by atoms with Gasteiger partial charge in [-0.1, -0.05) is 20.8 Å². The molecule has 1 aliphatic heterocycles. The number of amides is 1. The van der Waals surface area contributed by atoms with Crippen molar-refractivity contribution in [2.45, 2.75) is 52.9 Å². The summed E-state index contributed by atoms with van der Waals surface area (Å²) in [6, 6.07) is 0.458. The predicted molar refractivity (Wildman–Crippen MR) is 68.8 cm³/mol. The molecular weight excluding hydrogens is 216 g/mol. The van der Waals surface area contributed by atoms with E-state index in [1.807, 2.05) is 13.8 Å². The Morgan fingerprint density at radius 1 is 1.18 bits per heavy atom. The first-order valence-corrected chi connectivity index (χ1v) is 6.60. The molecule has 0 spiro atoms. The first-order chi connectivity index (χ1) is 7.93. The number of carbonyl (C=O) groups is 1. The van der Waals surface area contributed by atoms with E-state index in [0.29, 0.717) is 18.5 Å². The van der Waals surface area contributed by atoms with Gasteiger partial charge in [-0.15, -0.1) is 0 Å². The molecule has 1 aliphatic rings. The van der Waals surface area contributed by atoms with Gasteiger partial charge >= 0.3 is 0 Å². The number of hydrogen-bond acceptors (Lipinski definition) is 3. The van der Waals surface area contributed by atoms with E-state index in [0.717, 1.165) is 6.54 Å². The SMILES string of the molecule is CC(C)NCCNC(=O)C1C(C)OC(C)C1C. The maximum atomic E-state index is 12.0. The fraction of sp³-hybridized carbons (Fsp3) is 0.923. The van der Waals surface area contributed by atoms with E-state index in [2.05, 4.69) is 31.4 Å². The molecule has 1 rings (SSSR count). The molecule has 4 atom stereocenters. The summed E-state index contributed by atoms with van der Waals surface area (Å²) in [7, 11) is 0. The van der Waals surface area contributed by atoms with E-state index < -0.39 is 0 Å². The standard InChI is InChI=1S/C13H26N2O2/c1-8(2)14-6-7-15-13(16)12-9(3)10(4)17-11(12)5/h8-12,14H,6-7H2,1-5H3,(H,15,16). The van der Waals surface area contributed by atoms with Gasteiger partial charge in [-0.2, -0.15) is 0 Å². The largest absolute Gasteiger partial charge is 0.374 e. The zero-order valence-electron chi connectivity index (χ0n) is 11.6. The van der Waals surface area contributed by atoms with E-state index >= 15 is 0 Å². The van der Waals surface area contributed by atoms with Crippen molar-refractivity contribution in [1.82, 2.24) is 10.6 Å². The molecule has 0 aromatic heterocycles. The van der Waals surface area contributed by atoms with Crippen molar-refractivity contribution in [3.05, 3.63) is 0 Å². The summed E-state index contributed by atoms with van der Waals surface area (Å²) >= 11 is 0. The van der Waals surface area contributed by atoms with Crippen LogP contribution in [0.3, 0.4) is 0 Å². The lowest BCUT2D eigenvalue weighted by Crippen LogP contribution is -2.41. The van der Waals surface area contributed by atoms with Crippen LogP contribution in [0.4, 0.5) is 0 Å². The van der Waals surface area contributed by atoms with Crippen molar-refractivity contribution >= 4 is 5.91 Å². The maximum Gasteiger partial charge on any atom is 0.226 e. The number of hydrogen-bond donors (Lipinski definition) is 2. The van der Waals surface area contributed by atoms with Crippen LogP contribution in [-0.2, 0) is 9.53 Å². The zero-order chi connectivity index (χ0) is 13.0. The van der Waals surface area contributed by atoms with Gasteiger partial charge in [-0.3, -0.25) is 4.79 Å². The molecule has 17 heavy (non-hydrogen) atoms. The topological polar surface area (TPSA) is 50.4 Å². The van der Waals surface area contributed by atoms with Gasteiger partial charge in [0.05, 0.1) is 18.1 Å². The van der Waals surface area contributed by atoms with Crippen LogP contribution >= 0.6 is 0 Å². The molecule has 1 fully saturated rings. The average Bonchev–Trinajstić information content (AvgIpc) is 2.48. The Bertz CT molecular complexity index is 256. The summed E-state index contributed by atoms with van der Waals surface area (Å²) < 4.78 is 5.68. The zero-order valence-corrected chi connectivity index (χ0v) is 11.6. The predicted octanol–water partition coefficient (Wildman–Crippen LogP) is 1.16. The Morgan fingerprint density at radius 3 is 2.29 bits per heavy atom. The van der Waals surface area contributed by atoms with E-state index in [-0.39, 0.29) is 24.0 Å². The number of rotatable bonds is 5. The summed E-state index contributed by atoms with van der Waals surface area (Å²) in [5.41, 5.74) is 0. The van der Waals surface area contributed by atoms with Crippen LogP contribution in [0.25, 0.3) is 0 Å². The quantitative estimate of drug-likeness (QED) is 0.711. The second-order valence-electron chi connectivity index (χ2n) is 5.33. The van der Waals surface area contributed by atoms with E-state index in [1.165, 1.54) is 0 Å². The van der Waals surface area contributed by atoms with Crippen molar-refractivity contribution in [2.75, 3.05) is 13.1 Å². The van der Waals surface area contributed by atoms with Crippen LogP contribution in [0.1, 0.15) is 34.6 Å². The summed E-state index contributed by atoms with van der Waals surface area (Å²) in [5.74, 6) is 0.409. The van der Waals surface area contributed by atoms with E-state index in [1.54, 1.807) is 0 Å². The third-order valence-electron chi connectivity index (χ3n) is 3.52. The molecule has 4 heteroatoms. The molecule has 0 radical (unpaired) electrons. The number of nitrogens with one attached hydrogen (secondary N) is 2. The van der Waals surface area contributed by atoms with Gasteiger partial charge in [0, 0.05) is 19.1 Å². The van der Waals surface area contributed by atoms with Crippen LogP contribution in [0.2, 0.25) is 0 Å². The highest BCUT2D eigenvalue weighted by molar-refractivity contribution is 5.79.